The summed E-state index contributed by atoms with van der Waals surface area (Å²) in [7, 11) is 0. The van der Waals surface area contributed by atoms with Crippen LogP contribution in [0.4, 0.5) is 0 Å². The predicted molar refractivity (Wildman–Crippen MR) is 75.8 cm³/mol. The number of aromatic nitrogens is 2. The van der Waals surface area contributed by atoms with E-state index in [0.29, 0.717) is 12.0 Å². The molecule has 1 aromatic rings. The average molecular weight is 249 g/mol. The van der Waals surface area contributed by atoms with Gasteiger partial charge in [0.1, 0.15) is 0 Å². The third-order valence-electron chi connectivity index (χ3n) is 3.91. The monoisotopic (exact) mass is 249 g/mol. The minimum atomic E-state index is 0.663. The second-order valence-corrected chi connectivity index (χ2v) is 5.70. The van der Waals surface area contributed by atoms with Crippen molar-refractivity contribution in [3.63, 3.8) is 0 Å². The van der Waals surface area contributed by atoms with Gasteiger partial charge in [-0.3, -0.25) is 4.68 Å². The summed E-state index contributed by atoms with van der Waals surface area (Å²) >= 11 is 0. The molecule has 0 saturated heterocycles. The van der Waals surface area contributed by atoms with Crippen LogP contribution in [0.15, 0.2) is 12.3 Å². The first kappa shape index (κ1) is 13.6. The highest BCUT2D eigenvalue weighted by Crippen LogP contribution is 2.27. The molecule has 1 fully saturated rings. The third-order valence-corrected chi connectivity index (χ3v) is 3.91. The normalized spacial score (nSPS) is 19.0. The highest BCUT2D eigenvalue weighted by atomic mass is 15.3. The summed E-state index contributed by atoms with van der Waals surface area (Å²) in [6, 6.07) is 2.87. The van der Waals surface area contributed by atoms with Crippen LogP contribution in [0, 0.1) is 5.92 Å². The van der Waals surface area contributed by atoms with Gasteiger partial charge >= 0.3 is 0 Å². The molecule has 1 unspecified atom stereocenters. The van der Waals surface area contributed by atoms with E-state index in [-0.39, 0.29) is 0 Å². The molecule has 1 atom stereocenters. The molecule has 0 spiro atoms. The molecular formula is C15H27N3. The predicted octanol–water partition coefficient (Wildman–Crippen LogP) is 3.18. The molecule has 1 heterocycles. The van der Waals surface area contributed by atoms with Crippen molar-refractivity contribution in [1.29, 1.82) is 0 Å². The SMILES string of the molecule is CCNCC(C)Cc1ccn(C2CCCCC2)n1. The van der Waals surface area contributed by atoms with Gasteiger partial charge in [0.2, 0.25) is 0 Å². The molecule has 0 aromatic carbocycles. The van der Waals surface area contributed by atoms with Crippen LogP contribution in [0.3, 0.4) is 0 Å². The first-order valence-corrected chi connectivity index (χ1v) is 7.54. The van der Waals surface area contributed by atoms with Crippen LogP contribution in [0.1, 0.15) is 57.7 Å². The Kier molecular flexibility index (Phi) is 5.24. The summed E-state index contributed by atoms with van der Waals surface area (Å²) in [5.74, 6) is 0.666. The zero-order valence-electron chi connectivity index (χ0n) is 11.9. The van der Waals surface area contributed by atoms with Crippen molar-refractivity contribution < 1.29 is 0 Å². The van der Waals surface area contributed by atoms with Gasteiger partial charge in [-0.25, -0.2) is 0 Å². The fourth-order valence-electron chi connectivity index (χ4n) is 2.86. The molecule has 3 nitrogen and oxygen atoms in total. The molecule has 1 aliphatic carbocycles. The molecule has 1 aliphatic rings. The molecule has 0 radical (unpaired) electrons. The van der Waals surface area contributed by atoms with Crippen molar-refractivity contribution in [3.8, 4) is 0 Å². The maximum atomic E-state index is 4.77. The van der Waals surface area contributed by atoms with Gasteiger partial charge in [-0.15, -0.1) is 0 Å². The fourth-order valence-corrected chi connectivity index (χ4v) is 2.86. The van der Waals surface area contributed by atoms with E-state index in [0.717, 1.165) is 19.5 Å². The fraction of sp³-hybridized carbons (Fsp3) is 0.800. The number of nitrogens with zero attached hydrogens (tertiary/aromatic N) is 2. The molecule has 0 bridgehead atoms. The summed E-state index contributed by atoms with van der Waals surface area (Å²) in [4.78, 5) is 0. The van der Waals surface area contributed by atoms with Gasteiger partial charge in [-0.05, 0) is 44.3 Å². The van der Waals surface area contributed by atoms with Crippen LogP contribution < -0.4 is 5.32 Å². The summed E-state index contributed by atoms with van der Waals surface area (Å²) in [6.45, 7) is 6.60. The van der Waals surface area contributed by atoms with Crippen LogP contribution in [0.5, 0.6) is 0 Å². The van der Waals surface area contributed by atoms with Gasteiger partial charge in [0.25, 0.3) is 0 Å². The number of rotatable bonds is 6. The lowest BCUT2D eigenvalue weighted by Crippen LogP contribution is -2.22. The molecule has 3 heteroatoms. The molecular weight excluding hydrogens is 222 g/mol. The molecule has 1 aromatic heterocycles. The zero-order chi connectivity index (χ0) is 12.8. The number of hydrogen-bond acceptors (Lipinski definition) is 2. The Bertz CT molecular complexity index is 339. The molecule has 102 valence electrons. The van der Waals surface area contributed by atoms with Gasteiger partial charge in [0, 0.05) is 6.20 Å². The van der Waals surface area contributed by atoms with Gasteiger partial charge in [0.05, 0.1) is 11.7 Å². The lowest BCUT2D eigenvalue weighted by molar-refractivity contribution is 0.327. The minimum absolute atomic E-state index is 0.663. The first-order valence-electron chi connectivity index (χ1n) is 7.54. The highest BCUT2D eigenvalue weighted by Gasteiger charge is 2.16. The molecule has 1 saturated carbocycles. The van der Waals surface area contributed by atoms with Gasteiger partial charge in [0.15, 0.2) is 0 Å². The van der Waals surface area contributed by atoms with Crippen molar-refractivity contribution in [2.24, 2.45) is 5.92 Å². The first-order chi connectivity index (χ1) is 8.79. The van der Waals surface area contributed by atoms with E-state index in [1.807, 2.05) is 0 Å². The van der Waals surface area contributed by atoms with E-state index in [2.05, 4.69) is 36.1 Å². The molecule has 0 aliphatic heterocycles. The van der Waals surface area contributed by atoms with Gasteiger partial charge in [-0.1, -0.05) is 33.1 Å². The maximum absolute atomic E-state index is 4.77. The molecule has 18 heavy (non-hydrogen) atoms. The summed E-state index contributed by atoms with van der Waals surface area (Å²) in [5, 5.41) is 8.17. The lowest BCUT2D eigenvalue weighted by Gasteiger charge is -2.21. The largest absolute Gasteiger partial charge is 0.317 e. The van der Waals surface area contributed by atoms with E-state index in [1.165, 1.54) is 37.8 Å². The smallest absolute Gasteiger partial charge is 0.0627 e. The van der Waals surface area contributed by atoms with Crippen molar-refractivity contribution in [1.82, 2.24) is 15.1 Å². The van der Waals surface area contributed by atoms with E-state index in [1.54, 1.807) is 0 Å². The Hall–Kier alpha value is -0.830. The van der Waals surface area contributed by atoms with Crippen molar-refractivity contribution in [3.05, 3.63) is 18.0 Å². The Balaban J connectivity index is 1.85. The highest BCUT2D eigenvalue weighted by molar-refractivity contribution is 5.01. The van der Waals surface area contributed by atoms with E-state index >= 15 is 0 Å². The van der Waals surface area contributed by atoms with E-state index in [4.69, 9.17) is 5.10 Å². The third kappa shape index (κ3) is 3.84. The quantitative estimate of drug-likeness (QED) is 0.839. The number of hydrogen-bond donors (Lipinski definition) is 1. The maximum Gasteiger partial charge on any atom is 0.0627 e. The molecule has 2 rings (SSSR count). The Morgan fingerprint density at radius 2 is 2.17 bits per heavy atom. The number of nitrogens with one attached hydrogen (secondary N) is 1. The topological polar surface area (TPSA) is 29.9 Å². The second kappa shape index (κ2) is 6.93. The van der Waals surface area contributed by atoms with E-state index in [9.17, 15) is 0 Å². The van der Waals surface area contributed by atoms with Crippen molar-refractivity contribution >= 4 is 0 Å². The van der Waals surface area contributed by atoms with E-state index < -0.39 is 0 Å². The van der Waals surface area contributed by atoms with Crippen LogP contribution in [0.25, 0.3) is 0 Å². The van der Waals surface area contributed by atoms with Crippen molar-refractivity contribution in [2.45, 2.75) is 58.4 Å². The van der Waals surface area contributed by atoms with Crippen LogP contribution in [-0.2, 0) is 6.42 Å². The van der Waals surface area contributed by atoms with Crippen LogP contribution in [-0.4, -0.2) is 22.9 Å². The Morgan fingerprint density at radius 1 is 1.39 bits per heavy atom. The molecule has 1 N–H and O–H groups in total. The Morgan fingerprint density at radius 3 is 2.89 bits per heavy atom. The second-order valence-electron chi connectivity index (χ2n) is 5.70. The van der Waals surface area contributed by atoms with Crippen LogP contribution >= 0.6 is 0 Å². The summed E-state index contributed by atoms with van der Waals surface area (Å²) in [6.07, 6.45) is 10.1. The van der Waals surface area contributed by atoms with Gasteiger partial charge < -0.3 is 5.32 Å². The summed E-state index contributed by atoms with van der Waals surface area (Å²) in [5.41, 5.74) is 1.26. The standard InChI is InChI=1S/C15H27N3/c1-3-16-12-13(2)11-14-9-10-18(17-14)15-7-5-4-6-8-15/h9-10,13,15-16H,3-8,11-12H2,1-2H3. The lowest BCUT2D eigenvalue weighted by atomic mass is 9.96. The van der Waals surface area contributed by atoms with Gasteiger partial charge in [-0.2, -0.15) is 5.10 Å². The minimum Gasteiger partial charge on any atom is -0.317 e. The molecule has 0 amide bonds. The zero-order valence-corrected chi connectivity index (χ0v) is 11.9. The Labute approximate surface area is 111 Å². The van der Waals surface area contributed by atoms with Crippen LogP contribution in [0.2, 0.25) is 0 Å². The summed E-state index contributed by atoms with van der Waals surface area (Å²) < 4.78 is 2.22. The average Bonchev–Trinajstić information content (AvgIpc) is 2.86. The van der Waals surface area contributed by atoms with Crippen molar-refractivity contribution in [2.75, 3.05) is 13.1 Å².